The van der Waals surface area contributed by atoms with Crippen molar-refractivity contribution < 1.29 is 4.79 Å². The molecule has 0 atom stereocenters. The fourth-order valence-corrected chi connectivity index (χ4v) is 4.09. The van der Waals surface area contributed by atoms with E-state index < -0.39 is 5.54 Å². The quantitative estimate of drug-likeness (QED) is 0.691. The van der Waals surface area contributed by atoms with E-state index in [1.54, 1.807) is 11.8 Å². The minimum Gasteiger partial charge on any atom is -0.292 e. The largest absolute Gasteiger partial charge is 0.292 e. The highest BCUT2D eigenvalue weighted by Gasteiger charge is 2.35. The van der Waals surface area contributed by atoms with Crippen molar-refractivity contribution in [2.45, 2.75) is 48.4 Å². The number of Topliss-reactive ketones (excluding diaryl/α,β-unsaturated/α-hetero) is 1. The van der Waals surface area contributed by atoms with Crippen molar-refractivity contribution in [3.8, 4) is 0 Å². The van der Waals surface area contributed by atoms with E-state index >= 15 is 0 Å². The monoisotopic (exact) mass is 339 g/mol. The van der Waals surface area contributed by atoms with Crippen LogP contribution in [0.2, 0.25) is 0 Å². The highest BCUT2D eigenvalue weighted by molar-refractivity contribution is 7.99. The van der Waals surface area contributed by atoms with Gasteiger partial charge in [-0.1, -0.05) is 48.5 Å². The molecule has 3 heteroatoms. The number of piperidine rings is 1. The summed E-state index contributed by atoms with van der Waals surface area (Å²) in [7, 11) is 0. The second-order valence-corrected chi connectivity index (χ2v) is 8.02. The Bertz CT molecular complexity index is 673. The van der Waals surface area contributed by atoms with E-state index in [4.69, 9.17) is 0 Å². The summed E-state index contributed by atoms with van der Waals surface area (Å²) in [5.74, 6) is 0.223. The van der Waals surface area contributed by atoms with Crippen LogP contribution in [0, 0.1) is 0 Å². The molecule has 24 heavy (non-hydrogen) atoms. The Morgan fingerprint density at radius 2 is 1.46 bits per heavy atom. The first-order valence-corrected chi connectivity index (χ1v) is 9.52. The van der Waals surface area contributed by atoms with Gasteiger partial charge in [0, 0.05) is 15.4 Å². The Labute approximate surface area is 149 Å². The van der Waals surface area contributed by atoms with E-state index in [2.05, 4.69) is 43.0 Å². The van der Waals surface area contributed by atoms with Crippen molar-refractivity contribution in [1.29, 1.82) is 0 Å². The van der Waals surface area contributed by atoms with Crippen LogP contribution in [0.1, 0.15) is 43.5 Å². The normalized spacial score (nSPS) is 16.1. The molecule has 0 N–H and O–H groups in total. The Morgan fingerprint density at radius 3 is 2.08 bits per heavy atom. The highest BCUT2D eigenvalue weighted by Crippen LogP contribution is 2.29. The first-order valence-electron chi connectivity index (χ1n) is 8.70. The molecule has 0 unspecified atom stereocenters. The lowest BCUT2D eigenvalue weighted by Crippen LogP contribution is -2.52. The zero-order chi connectivity index (χ0) is 17.0. The van der Waals surface area contributed by atoms with Crippen LogP contribution in [0.3, 0.4) is 0 Å². The molecule has 1 aliphatic rings. The van der Waals surface area contributed by atoms with Gasteiger partial charge in [-0.3, -0.25) is 9.69 Å². The van der Waals surface area contributed by atoms with Crippen LogP contribution < -0.4 is 0 Å². The Balaban J connectivity index is 1.71. The fourth-order valence-electron chi connectivity index (χ4n) is 3.25. The molecule has 0 aromatic heterocycles. The number of hydrogen-bond donors (Lipinski definition) is 0. The summed E-state index contributed by atoms with van der Waals surface area (Å²) in [4.78, 5) is 17.7. The van der Waals surface area contributed by atoms with Gasteiger partial charge in [-0.15, -0.1) is 0 Å². The fraction of sp³-hybridized carbons (Fsp3) is 0.381. The molecule has 1 heterocycles. The van der Waals surface area contributed by atoms with Crippen LogP contribution in [0.15, 0.2) is 64.4 Å². The molecule has 126 valence electrons. The van der Waals surface area contributed by atoms with Crippen molar-refractivity contribution in [2.75, 3.05) is 13.1 Å². The van der Waals surface area contributed by atoms with Crippen LogP contribution in [-0.4, -0.2) is 29.3 Å². The molecule has 0 radical (unpaired) electrons. The van der Waals surface area contributed by atoms with Gasteiger partial charge in [0.05, 0.1) is 5.54 Å². The molecular weight excluding hydrogens is 314 g/mol. The topological polar surface area (TPSA) is 20.3 Å². The van der Waals surface area contributed by atoms with Gasteiger partial charge in [0.2, 0.25) is 0 Å². The number of carbonyl (C=O) groups excluding carboxylic acids is 1. The molecule has 1 fully saturated rings. The summed E-state index contributed by atoms with van der Waals surface area (Å²) in [5, 5.41) is 0. The Hall–Kier alpha value is -1.58. The zero-order valence-corrected chi connectivity index (χ0v) is 15.3. The first kappa shape index (κ1) is 17.2. The summed E-state index contributed by atoms with van der Waals surface area (Å²) in [6.45, 7) is 6.18. The van der Waals surface area contributed by atoms with Crippen molar-refractivity contribution >= 4 is 17.5 Å². The average molecular weight is 340 g/mol. The first-order chi connectivity index (χ1) is 11.6. The van der Waals surface area contributed by atoms with E-state index in [1.165, 1.54) is 24.2 Å². The van der Waals surface area contributed by atoms with E-state index in [0.717, 1.165) is 23.5 Å². The van der Waals surface area contributed by atoms with E-state index in [9.17, 15) is 4.79 Å². The van der Waals surface area contributed by atoms with Gasteiger partial charge in [-0.2, -0.15) is 0 Å². The minimum atomic E-state index is -0.422. The summed E-state index contributed by atoms with van der Waals surface area (Å²) < 4.78 is 0. The third-order valence-electron chi connectivity index (χ3n) is 4.80. The smallest absolute Gasteiger partial charge is 0.182 e. The molecule has 0 saturated carbocycles. The number of hydrogen-bond acceptors (Lipinski definition) is 3. The molecule has 3 rings (SSSR count). The van der Waals surface area contributed by atoms with Gasteiger partial charge in [-0.05, 0) is 64.0 Å². The zero-order valence-electron chi connectivity index (χ0n) is 14.5. The van der Waals surface area contributed by atoms with Crippen LogP contribution >= 0.6 is 11.8 Å². The number of nitrogens with zero attached hydrogens (tertiary/aromatic N) is 1. The van der Waals surface area contributed by atoms with Gasteiger partial charge < -0.3 is 0 Å². The summed E-state index contributed by atoms with van der Waals surface area (Å²) in [6.07, 6.45) is 3.68. The molecule has 1 saturated heterocycles. The van der Waals surface area contributed by atoms with E-state index in [1.807, 2.05) is 30.3 Å². The van der Waals surface area contributed by atoms with Gasteiger partial charge in [0.1, 0.15) is 0 Å². The predicted octanol–water partition coefficient (Wildman–Crippen LogP) is 5.29. The maximum absolute atomic E-state index is 13.0. The third kappa shape index (κ3) is 3.90. The minimum absolute atomic E-state index is 0.223. The number of ketones is 1. The van der Waals surface area contributed by atoms with Crippen molar-refractivity contribution in [1.82, 2.24) is 4.90 Å². The number of benzene rings is 2. The third-order valence-corrected chi connectivity index (χ3v) is 5.81. The SMILES string of the molecule is CC(C)(C(=O)c1ccc(Sc2ccccc2)cc1)N1CCCCC1. The Kier molecular flexibility index (Phi) is 5.42. The molecule has 0 aliphatic carbocycles. The number of rotatable bonds is 5. The predicted molar refractivity (Wildman–Crippen MR) is 101 cm³/mol. The molecule has 2 aromatic rings. The number of likely N-dealkylation sites (tertiary alicyclic amines) is 1. The van der Waals surface area contributed by atoms with Crippen LogP contribution in [0.4, 0.5) is 0 Å². The second kappa shape index (κ2) is 7.54. The van der Waals surface area contributed by atoms with Crippen LogP contribution in [0.5, 0.6) is 0 Å². The highest BCUT2D eigenvalue weighted by atomic mass is 32.2. The summed E-state index contributed by atoms with van der Waals surface area (Å²) >= 11 is 1.72. The lowest BCUT2D eigenvalue weighted by Gasteiger charge is -2.39. The standard InChI is InChI=1S/C21H25NOS/c1-21(2,22-15-7-4-8-16-22)20(23)17-11-13-19(14-12-17)24-18-9-5-3-6-10-18/h3,5-6,9-14H,4,7-8,15-16H2,1-2H3. The second-order valence-electron chi connectivity index (χ2n) is 6.88. The molecule has 2 nitrogen and oxygen atoms in total. The lowest BCUT2D eigenvalue weighted by atomic mass is 9.89. The molecule has 1 aliphatic heterocycles. The summed E-state index contributed by atoms with van der Waals surface area (Å²) in [6, 6.07) is 18.4. The molecule has 0 amide bonds. The molecule has 0 bridgehead atoms. The number of carbonyl (C=O) groups is 1. The maximum Gasteiger partial charge on any atom is 0.182 e. The van der Waals surface area contributed by atoms with Crippen LogP contribution in [0.25, 0.3) is 0 Å². The maximum atomic E-state index is 13.0. The summed E-state index contributed by atoms with van der Waals surface area (Å²) in [5.41, 5.74) is 0.386. The average Bonchev–Trinajstić information content (AvgIpc) is 2.63. The van der Waals surface area contributed by atoms with Crippen molar-refractivity contribution in [3.05, 3.63) is 60.2 Å². The van der Waals surface area contributed by atoms with Gasteiger partial charge >= 0.3 is 0 Å². The van der Waals surface area contributed by atoms with Crippen molar-refractivity contribution in [3.63, 3.8) is 0 Å². The van der Waals surface area contributed by atoms with Crippen molar-refractivity contribution in [2.24, 2.45) is 0 Å². The van der Waals surface area contributed by atoms with Gasteiger partial charge in [0.15, 0.2) is 5.78 Å². The molecule has 2 aromatic carbocycles. The van der Waals surface area contributed by atoms with Gasteiger partial charge in [-0.25, -0.2) is 0 Å². The van der Waals surface area contributed by atoms with E-state index in [0.29, 0.717) is 0 Å². The Morgan fingerprint density at radius 1 is 0.875 bits per heavy atom. The lowest BCUT2D eigenvalue weighted by molar-refractivity contribution is 0.0579. The van der Waals surface area contributed by atoms with Gasteiger partial charge in [0.25, 0.3) is 0 Å². The molecule has 0 spiro atoms. The molecular formula is C21H25NOS. The van der Waals surface area contributed by atoms with Crippen LogP contribution in [-0.2, 0) is 0 Å². The van der Waals surface area contributed by atoms with E-state index in [-0.39, 0.29) is 5.78 Å².